The van der Waals surface area contributed by atoms with Crippen molar-refractivity contribution in [3.63, 3.8) is 0 Å². The van der Waals surface area contributed by atoms with Gasteiger partial charge in [0.15, 0.2) is 0 Å². The van der Waals surface area contributed by atoms with Crippen molar-refractivity contribution in [1.82, 2.24) is 5.32 Å². The van der Waals surface area contributed by atoms with Gasteiger partial charge in [-0.3, -0.25) is 0 Å². The standard InChI is InChI=1S/C9H11NOSe/c1-10-9(11)7-12-8-5-3-2-4-6-8/h2-6H,7H2,1H3,(H,10,11). The van der Waals surface area contributed by atoms with Gasteiger partial charge in [-0.15, -0.1) is 0 Å². The van der Waals surface area contributed by atoms with Gasteiger partial charge in [0, 0.05) is 0 Å². The molecule has 1 aromatic carbocycles. The van der Waals surface area contributed by atoms with E-state index in [-0.39, 0.29) is 20.9 Å². The van der Waals surface area contributed by atoms with Crippen LogP contribution in [0.5, 0.6) is 0 Å². The third-order valence-corrected chi connectivity index (χ3v) is 3.52. The van der Waals surface area contributed by atoms with Crippen LogP contribution in [0.4, 0.5) is 0 Å². The molecule has 0 bridgehead atoms. The van der Waals surface area contributed by atoms with Crippen LogP contribution < -0.4 is 9.78 Å². The zero-order valence-corrected chi connectivity index (χ0v) is 8.62. The molecule has 0 aliphatic heterocycles. The Labute approximate surface area is 78.5 Å². The summed E-state index contributed by atoms with van der Waals surface area (Å²) in [6.45, 7) is 0. The van der Waals surface area contributed by atoms with E-state index in [1.54, 1.807) is 7.05 Å². The summed E-state index contributed by atoms with van der Waals surface area (Å²) in [5.41, 5.74) is 0. The van der Waals surface area contributed by atoms with Crippen LogP contribution in [0, 0.1) is 0 Å². The van der Waals surface area contributed by atoms with Crippen molar-refractivity contribution in [3.8, 4) is 0 Å². The van der Waals surface area contributed by atoms with Crippen molar-refractivity contribution >= 4 is 25.3 Å². The predicted molar refractivity (Wildman–Crippen MR) is 50.7 cm³/mol. The molecule has 0 atom stereocenters. The molecule has 0 fully saturated rings. The van der Waals surface area contributed by atoms with E-state index >= 15 is 0 Å². The van der Waals surface area contributed by atoms with E-state index in [1.807, 2.05) is 18.2 Å². The number of carbonyl (C=O) groups excluding carboxylic acids is 1. The van der Waals surface area contributed by atoms with Gasteiger partial charge in [0.1, 0.15) is 0 Å². The molecule has 0 heterocycles. The zero-order valence-electron chi connectivity index (χ0n) is 6.91. The summed E-state index contributed by atoms with van der Waals surface area (Å²) in [6.07, 6.45) is 0. The first kappa shape index (κ1) is 9.30. The van der Waals surface area contributed by atoms with Gasteiger partial charge in [0.2, 0.25) is 0 Å². The Morgan fingerprint density at radius 1 is 1.42 bits per heavy atom. The molecule has 0 saturated carbocycles. The summed E-state index contributed by atoms with van der Waals surface area (Å²) >= 11 is 0.279. The fraction of sp³-hybridized carbons (Fsp3) is 0.222. The fourth-order valence-electron chi connectivity index (χ4n) is 0.738. The first-order valence-corrected chi connectivity index (χ1v) is 5.78. The van der Waals surface area contributed by atoms with Crippen LogP contribution in [0.2, 0.25) is 5.32 Å². The number of benzene rings is 1. The number of hydrogen-bond donors (Lipinski definition) is 1. The molecule has 0 unspecified atom stereocenters. The average molecular weight is 228 g/mol. The minimum atomic E-state index is 0.124. The Kier molecular flexibility index (Phi) is 3.85. The molecular weight excluding hydrogens is 217 g/mol. The molecular formula is C9H11NOSe. The van der Waals surface area contributed by atoms with E-state index < -0.39 is 0 Å². The topological polar surface area (TPSA) is 29.1 Å². The van der Waals surface area contributed by atoms with Crippen molar-refractivity contribution in [2.45, 2.75) is 5.32 Å². The van der Waals surface area contributed by atoms with Gasteiger partial charge < -0.3 is 0 Å². The quantitative estimate of drug-likeness (QED) is 0.735. The van der Waals surface area contributed by atoms with Crippen LogP contribution >= 0.6 is 0 Å². The second-order valence-electron chi connectivity index (χ2n) is 2.27. The molecule has 0 aliphatic carbocycles. The van der Waals surface area contributed by atoms with Crippen LogP contribution in [0.3, 0.4) is 0 Å². The van der Waals surface area contributed by atoms with Gasteiger partial charge in [-0.05, 0) is 0 Å². The summed E-state index contributed by atoms with van der Waals surface area (Å²) in [5, 5.41) is 3.24. The number of nitrogens with one attached hydrogen (secondary N) is 1. The molecule has 64 valence electrons. The molecule has 0 radical (unpaired) electrons. The van der Waals surface area contributed by atoms with Crippen LogP contribution in [0.1, 0.15) is 0 Å². The van der Waals surface area contributed by atoms with Gasteiger partial charge in [-0.2, -0.15) is 0 Å². The third kappa shape index (κ3) is 3.07. The maximum absolute atomic E-state index is 10.9. The summed E-state index contributed by atoms with van der Waals surface area (Å²) < 4.78 is 1.27. The van der Waals surface area contributed by atoms with Crippen molar-refractivity contribution in [3.05, 3.63) is 30.3 Å². The van der Waals surface area contributed by atoms with Gasteiger partial charge in [-0.1, -0.05) is 0 Å². The molecule has 1 amide bonds. The van der Waals surface area contributed by atoms with Crippen LogP contribution in [0.25, 0.3) is 0 Å². The van der Waals surface area contributed by atoms with Crippen molar-refractivity contribution < 1.29 is 4.79 Å². The van der Waals surface area contributed by atoms with E-state index in [0.717, 1.165) is 0 Å². The van der Waals surface area contributed by atoms with Gasteiger partial charge >= 0.3 is 78.1 Å². The van der Waals surface area contributed by atoms with E-state index in [4.69, 9.17) is 0 Å². The number of rotatable bonds is 3. The van der Waals surface area contributed by atoms with E-state index in [2.05, 4.69) is 17.4 Å². The van der Waals surface area contributed by atoms with Gasteiger partial charge in [-0.25, -0.2) is 0 Å². The molecule has 0 aliphatic rings. The monoisotopic (exact) mass is 229 g/mol. The first-order chi connectivity index (χ1) is 5.83. The SMILES string of the molecule is CNC(=O)C[Se]c1ccccc1. The van der Waals surface area contributed by atoms with E-state index in [9.17, 15) is 4.79 Å². The second-order valence-corrected chi connectivity index (χ2v) is 4.48. The van der Waals surface area contributed by atoms with E-state index in [1.165, 1.54) is 4.46 Å². The number of hydrogen-bond acceptors (Lipinski definition) is 1. The molecule has 0 spiro atoms. The van der Waals surface area contributed by atoms with Crippen LogP contribution in [-0.2, 0) is 4.79 Å². The molecule has 12 heavy (non-hydrogen) atoms. The molecule has 1 N–H and O–H groups in total. The molecule has 0 saturated heterocycles. The van der Waals surface area contributed by atoms with Crippen molar-refractivity contribution in [1.29, 1.82) is 0 Å². The summed E-state index contributed by atoms with van der Waals surface area (Å²) in [4.78, 5) is 10.9. The van der Waals surface area contributed by atoms with Gasteiger partial charge in [0.05, 0.1) is 0 Å². The molecule has 1 rings (SSSR count). The second kappa shape index (κ2) is 4.96. The van der Waals surface area contributed by atoms with Gasteiger partial charge in [0.25, 0.3) is 0 Å². The number of amides is 1. The van der Waals surface area contributed by atoms with Crippen molar-refractivity contribution in [2.24, 2.45) is 0 Å². The normalized spacial score (nSPS) is 9.42. The summed E-state index contributed by atoms with van der Waals surface area (Å²) in [5.74, 6) is 0.124. The molecule has 3 heteroatoms. The Balaban J connectivity index is 2.38. The summed E-state index contributed by atoms with van der Waals surface area (Å²) in [7, 11) is 1.67. The van der Waals surface area contributed by atoms with E-state index in [0.29, 0.717) is 5.32 Å². The average Bonchev–Trinajstić information content (AvgIpc) is 2.16. The van der Waals surface area contributed by atoms with Crippen LogP contribution in [0.15, 0.2) is 30.3 Å². The Hall–Kier alpha value is -0.791. The maximum atomic E-state index is 10.9. The zero-order chi connectivity index (χ0) is 8.81. The Morgan fingerprint density at radius 3 is 2.67 bits per heavy atom. The summed E-state index contributed by atoms with van der Waals surface area (Å²) in [6, 6.07) is 10.1. The van der Waals surface area contributed by atoms with Crippen LogP contribution in [-0.4, -0.2) is 27.9 Å². The third-order valence-electron chi connectivity index (χ3n) is 1.39. The molecule has 0 aromatic heterocycles. The number of carbonyl (C=O) groups is 1. The van der Waals surface area contributed by atoms with Crippen molar-refractivity contribution in [2.75, 3.05) is 7.05 Å². The fourth-order valence-corrected chi connectivity index (χ4v) is 2.40. The first-order valence-electron chi connectivity index (χ1n) is 3.71. The molecule has 2 nitrogen and oxygen atoms in total. The Bertz CT molecular complexity index is 248. The Morgan fingerprint density at radius 2 is 2.08 bits per heavy atom. The minimum absolute atomic E-state index is 0.124. The predicted octanol–water partition coefficient (Wildman–Crippen LogP) is 0.180. The molecule has 1 aromatic rings.